The quantitative estimate of drug-likeness (QED) is 0.553. The van der Waals surface area contributed by atoms with E-state index in [1.165, 1.54) is 37.9 Å². The Labute approximate surface area is 136 Å². The van der Waals surface area contributed by atoms with Crippen LogP contribution < -0.4 is 0 Å². The zero-order valence-electron chi connectivity index (χ0n) is 14.2. The summed E-state index contributed by atoms with van der Waals surface area (Å²) >= 11 is 0. The molecule has 0 amide bonds. The summed E-state index contributed by atoms with van der Waals surface area (Å²) in [5.41, 5.74) is 4.60. The van der Waals surface area contributed by atoms with Crippen LogP contribution in [0, 0.1) is 5.92 Å². The van der Waals surface area contributed by atoms with Crippen molar-refractivity contribution in [2.75, 3.05) is 27.2 Å². The maximum Gasteiger partial charge on any atom is 0.175 e. The van der Waals surface area contributed by atoms with E-state index in [4.69, 9.17) is 0 Å². The van der Waals surface area contributed by atoms with Gasteiger partial charge in [-0.05, 0) is 54.7 Å². The van der Waals surface area contributed by atoms with Gasteiger partial charge in [0, 0.05) is 36.0 Å². The van der Waals surface area contributed by atoms with Gasteiger partial charge in [0.05, 0.1) is 0 Å². The van der Waals surface area contributed by atoms with E-state index < -0.39 is 7.29 Å². The van der Waals surface area contributed by atoms with Gasteiger partial charge in [-0.15, -0.1) is 0 Å². The molecule has 6 atom stereocenters. The van der Waals surface area contributed by atoms with Crippen molar-refractivity contribution in [2.45, 2.75) is 50.1 Å². The number of hydrogen-bond acceptors (Lipinski definition) is 2. The van der Waals surface area contributed by atoms with Gasteiger partial charge in [-0.2, -0.15) is 0 Å². The Morgan fingerprint density at radius 3 is 2.50 bits per heavy atom. The smallest absolute Gasteiger partial charge is 0.175 e. The van der Waals surface area contributed by atoms with Gasteiger partial charge in [0.1, 0.15) is 0 Å². The lowest BCUT2D eigenvalue weighted by molar-refractivity contribution is 0.367. The summed E-state index contributed by atoms with van der Waals surface area (Å²) in [6.07, 6.45) is 6.61. The number of fused-ring (bicyclic) bond motifs is 5. The van der Waals surface area contributed by atoms with Crippen LogP contribution in [0.15, 0.2) is 23.0 Å². The van der Waals surface area contributed by atoms with E-state index in [9.17, 15) is 4.57 Å². The van der Waals surface area contributed by atoms with Crippen LogP contribution in [0.4, 0.5) is 0 Å². The van der Waals surface area contributed by atoms with Crippen LogP contribution in [-0.4, -0.2) is 53.5 Å². The maximum atomic E-state index is 13.7. The maximum absolute atomic E-state index is 13.7. The van der Waals surface area contributed by atoms with E-state index in [1.54, 1.807) is 5.57 Å². The summed E-state index contributed by atoms with van der Waals surface area (Å²) in [4.78, 5) is 0. The molecule has 122 valence electrons. The molecule has 4 aliphatic rings. The van der Waals surface area contributed by atoms with Crippen LogP contribution in [0.3, 0.4) is 0 Å². The summed E-state index contributed by atoms with van der Waals surface area (Å²) in [5.74, 6) is 2.70. The molecular weight excluding hydrogens is 310 g/mol. The van der Waals surface area contributed by atoms with Crippen molar-refractivity contribution < 1.29 is 4.57 Å². The molecular formula is C17H28N2OP2. The minimum absolute atomic E-state index is 0.156. The molecule has 0 spiro atoms. The van der Waals surface area contributed by atoms with Gasteiger partial charge < -0.3 is 4.57 Å². The van der Waals surface area contributed by atoms with Crippen LogP contribution in [0.25, 0.3) is 0 Å². The average molecular weight is 338 g/mol. The van der Waals surface area contributed by atoms with Crippen LogP contribution in [-0.2, 0) is 4.57 Å². The SMILES string of the molecule is CC1=CP(=O)(N(C)C)[C@H]2[C@@H]1[C@H]1C(C)=C[C@@H]2P1N1CCCCC1. The van der Waals surface area contributed by atoms with Crippen molar-refractivity contribution in [1.29, 1.82) is 0 Å². The van der Waals surface area contributed by atoms with Crippen molar-refractivity contribution in [3.8, 4) is 0 Å². The highest BCUT2D eigenvalue weighted by atomic mass is 31.2. The Bertz CT molecular complexity index is 591. The van der Waals surface area contributed by atoms with E-state index in [0.717, 1.165) is 0 Å². The normalized spacial score (nSPS) is 47.8. The lowest BCUT2D eigenvalue weighted by Crippen LogP contribution is -2.31. The van der Waals surface area contributed by atoms with Gasteiger partial charge in [0.2, 0.25) is 0 Å². The standard InChI is InChI=1S/C17H28N2OP2/c1-12-10-14-17-15(13(2)11-22(17,20)18(3)4)16(12)21(14)19-8-6-5-7-9-19/h10-11,14-17H,5-9H2,1-4H3/t14-,15-,16+,17+,21?,22?/m0/s1. The van der Waals surface area contributed by atoms with Crippen LogP contribution >= 0.6 is 15.4 Å². The zero-order valence-corrected chi connectivity index (χ0v) is 16.0. The summed E-state index contributed by atoms with van der Waals surface area (Å²) in [5, 5.41) is 0. The lowest BCUT2D eigenvalue weighted by Gasteiger charge is -2.37. The van der Waals surface area contributed by atoms with Gasteiger partial charge in [0.25, 0.3) is 0 Å². The monoisotopic (exact) mass is 338 g/mol. The molecule has 0 aromatic heterocycles. The molecule has 0 aromatic carbocycles. The predicted molar refractivity (Wildman–Crippen MR) is 96.0 cm³/mol. The van der Waals surface area contributed by atoms with Crippen LogP contribution in [0.2, 0.25) is 0 Å². The van der Waals surface area contributed by atoms with Gasteiger partial charge in [0.15, 0.2) is 7.29 Å². The second kappa shape index (κ2) is 5.28. The van der Waals surface area contributed by atoms with Gasteiger partial charge >= 0.3 is 0 Å². The molecule has 2 unspecified atom stereocenters. The van der Waals surface area contributed by atoms with Crippen molar-refractivity contribution in [3.05, 3.63) is 23.0 Å². The fraction of sp³-hybridized carbons (Fsp3) is 0.765. The topological polar surface area (TPSA) is 23.6 Å². The first-order valence-electron chi connectivity index (χ1n) is 8.63. The van der Waals surface area contributed by atoms with Gasteiger partial charge in [-0.25, -0.2) is 0 Å². The third-order valence-electron chi connectivity index (χ3n) is 6.17. The van der Waals surface area contributed by atoms with Gasteiger partial charge in [-0.3, -0.25) is 9.34 Å². The highest BCUT2D eigenvalue weighted by Gasteiger charge is 2.64. The van der Waals surface area contributed by atoms with E-state index in [2.05, 4.69) is 30.4 Å². The molecule has 2 bridgehead atoms. The highest BCUT2D eigenvalue weighted by molar-refractivity contribution is 7.68. The van der Waals surface area contributed by atoms with E-state index >= 15 is 0 Å². The summed E-state index contributed by atoms with van der Waals surface area (Å²) < 4.78 is 18.5. The van der Waals surface area contributed by atoms with E-state index in [0.29, 0.717) is 22.9 Å². The zero-order chi connectivity index (χ0) is 15.6. The van der Waals surface area contributed by atoms with Crippen molar-refractivity contribution in [2.24, 2.45) is 5.92 Å². The first-order chi connectivity index (χ1) is 10.4. The molecule has 4 aliphatic heterocycles. The number of allylic oxidation sites excluding steroid dienone is 3. The average Bonchev–Trinajstić information content (AvgIpc) is 3.07. The van der Waals surface area contributed by atoms with E-state index in [-0.39, 0.29) is 8.07 Å². The molecule has 22 heavy (non-hydrogen) atoms. The number of rotatable bonds is 2. The van der Waals surface area contributed by atoms with Crippen molar-refractivity contribution in [3.63, 3.8) is 0 Å². The fourth-order valence-electron chi connectivity index (χ4n) is 5.23. The molecule has 0 aromatic rings. The van der Waals surface area contributed by atoms with Crippen LogP contribution in [0.1, 0.15) is 33.1 Å². The van der Waals surface area contributed by atoms with Crippen molar-refractivity contribution >= 4 is 15.4 Å². The van der Waals surface area contributed by atoms with Gasteiger partial charge in [-0.1, -0.05) is 23.6 Å². The van der Waals surface area contributed by atoms with Crippen molar-refractivity contribution in [1.82, 2.24) is 9.34 Å². The Kier molecular flexibility index (Phi) is 3.74. The molecule has 0 radical (unpaired) electrons. The second-order valence-corrected chi connectivity index (χ2v) is 13.1. The highest BCUT2D eigenvalue weighted by Crippen LogP contribution is 2.80. The summed E-state index contributed by atoms with van der Waals surface area (Å²) in [6.45, 7) is 7.10. The predicted octanol–water partition coefficient (Wildman–Crippen LogP) is 4.32. The minimum atomic E-state index is -2.34. The molecule has 0 aliphatic carbocycles. The largest absolute Gasteiger partial charge is 0.302 e. The molecule has 3 nitrogen and oxygen atoms in total. The molecule has 2 saturated heterocycles. The Balaban J connectivity index is 1.74. The number of piperidine rings is 1. The molecule has 0 saturated carbocycles. The summed E-state index contributed by atoms with van der Waals surface area (Å²) in [6, 6.07) is 0. The Morgan fingerprint density at radius 1 is 1.18 bits per heavy atom. The molecule has 0 N–H and O–H groups in total. The molecule has 4 heterocycles. The molecule has 4 rings (SSSR count). The lowest BCUT2D eigenvalue weighted by atomic mass is 9.85. The number of hydrogen-bond donors (Lipinski definition) is 0. The Morgan fingerprint density at radius 2 is 1.86 bits per heavy atom. The third kappa shape index (κ3) is 1.95. The molecule has 5 heteroatoms. The Hall–Kier alpha value is 0.0600. The third-order valence-corrected chi connectivity index (χ3v) is 13.4. The number of nitrogens with zero attached hydrogens (tertiary/aromatic N) is 2. The second-order valence-electron chi connectivity index (χ2n) is 7.65. The fourth-order valence-corrected chi connectivity index (χ4v) is 13.4. The summed E-state index contributed by atoms with van der Waals surface area (Å²) in [7, 11) is 1.53. The van der Waals surface area contributed by atoms with Crippen LogP contribution in [0.5, 0.6) is 0 Å². The first kappa shape index (κ1) is 15.6. The minimum Gasteiger partial charge on any atom is -0.302 e. The molecule has 2 fully saturated rings. The first-order valence-corrected chi connectivity index (χ1v) is 11.9. The van der Waals surface area contributed by atoms with E-state index in [1.807, 2.05) is 18.8 Å².